The van der Waals surface area contributed by atoms with E-state index in [1.165, 1.54) is 6.07 Å². The number of imidazole rings is 1. The molecule has 0 N–H and O–H groups in total. The van der Waals surface area contributed by atoms with E-state index in [-0.39, 0.29) is 5.82 Å². The minimum Gasteiger partial charge on any atom is -0.304 e. The molecule has 17 heavy (non-hydrogen) atoms. The van der Waals surface area contributed by atoms with Gasteiger partial charge in [-0.3, -0.25) is 0 Å². The molecule has 2 aromatic heterocycles. The lowest BCUT2D eigenvalue weighted by molar-refractivity contribution is 0.630. The Kier molecular flexibility index (Phi) is 2.44. The van der Waals surface area contributed by atoms with Crippen LogP contribution in [0, 0.1) is 5.82 Å². The van der Waals surface area contributed by atoms with E-state index >= 15 is 0 Å². The first-order valence-corrected chi connectivity index (χ1v) is 5.92. The lowest BCUT2D eigenvalue weighted by atomic mass is 10.2. The SMILES string of the molecule is Fc1cccn2cc(-c3cccc(Br)c3)nc12. The number of hydrogen-bond acceptors (Lipinski definition) is 1. The van der Waals surface area contributed by atoms with Crippen LogP contribution in [-0.4, -0.2) is 9.38 Å². The van der Waals surface area contributed by atoms with Gasteiger partial charge in [0, 0.05) is 22.4 Å². The first-order chi connectivity index (χ1) is 8.24. The van der Waals surface area contributed by atoms with Crippen molar-refractivity contribution >= 4 is 21.6 Å². The van der Waals surface area contributed by atoms with Crippen molar-refractivity contribution in [1.82, 2.24) is 9.38 Å². The first kappa shape index (κ1) is 10.5. The predicted molar refractivity (Wildman–Crippen MR) is 68.3 cm³/mol. The number of hydrogen-bond donors (Lipinski definition) is 0. The third-order valence-corrected chi connectivity index (χ3v) is 3.05. The summed E-state index contributed by atoms with van der Waals surface area (Å²) < 4.78 is 16.2. The molecule has 1 aromatic carbocycles. The van der Waals surface area contributed by atoms with Gasteiger partial charge in [0.2, 0.25) is 0 Å². The molecular formula is C13H8BrFN2. The van der Waals surface area contributed by atoms with Gasteiger partial charge in [-0.15, -0.1) is 0 Å². The van der Waals surface area contributed by atoms with E-state index in [4.69, 9.17) is 0 Å². The van der Waals surface area contributed by atoms with Crippen LogP contribution >= 0.6 is 15.9 Å². The molecule has 0 amide bonds. The Morgan fingerprint density at radius 2 is 2.06 bits per heavy atom. The number of pyridine rings is 1. The van der Waals surface area contributed by atoms with Crippen LogP contribution in [0.1, 0.15) is 0 Å². The monoisotopic (exact) mass is 290 g/mol. The van der Waals surface area contributed by atoms with Gasteiger partial charge in [0.25, 0.3) is 0 Å². The molecule has 0 spiro atoms. The van der Waals surface area contributed by atoms with Crippen LogP contribution in [0.25, 0.3) is 16.9 Å². The van der Waals surface area contributed by atoms with Gasteiger partial charge in [-0.1, -0.05) is 28.1 Å². The molecule has 0 saturated carbocycles. The second kappa shape index (κ2) is 3.96. The summed E-state index contributed by atoms with van der Waals surface area (Å²) in [6.45, 7) is 0. The van der Waals surface area contributed by atoms with Crippen LogP contribution in [-0.2, 0) is 0 Å². The number of fused-ring (bicyclic) bond motifs is 1. The average Bonchev–Trinajstić information content (AvgIpc) is 2.74. The van der Waals surface area contributed by atoms with E-state index in [0.717, 1.165) is 15.7 Å². The average molecular weight is 291 g/mol. The summed E-state index contributed by atoms with van der Waals surface area (Å²) >= 11 is 3.41. The highest BCUT2D eigenvalue weighted by Crippen LogP contribution is 2.23. The molecule has 2 heterocycles. The van der Waals surface area contributed by atoms with Crippen molar-refractivity contribution in [3.05, 3.63) is 59.1 Å². The van der Waals surface area contributed by atoms with Gasteiger partial charge in [-0.05, 0) is 24.3 Å². The van der Waals surface area contributed by atoms with Gasteiger partial charge < -0.3 is 4.40 Å². The zero-order valence-corrected chi connectivity index (χ0v) is 10.4. The van der Waals surface area contributed by atoms with Crippen LogP contribution in [0.3, 0.4) is 0 Å². The number of benzene rings is 1. The van der Waals surface area contributed by atoms with Crippen LogP contribution in [0.15, 0.2) is 53.3 Å². The number of nitrogens with zero attached hydrogens (tertiary/aromatic N) is 2. The largest absolute Gasteiger partial charge is 0.304 e. The fourth-order valence-electron chi connectivity index (χ4n) is 1.77. The minimum atomic E-state index is -0.311. The standard InChI is InChI=1S/C13H8BrFN2/c14-10-4-1-3-9(7-10)12-8-17-6-2-5-11(15)13(17)16-12/h1-8H. The Morgan fingerprint density at radius 1 is 1.18 bits per heavy atom. The Bertz CT molecular complexity index is 691. The van der Waals surface area contributed by atoms with Crippen molar-refractivity contribution in [3.63, 3.8) is 0 Å². The Balaban J connectivity index is 2.22. The molecule has 0 saturated heterocycles. The van der Waals surface area contributed by atoms with Gasteiger partial charge in [0.1, 0.15) is 0 Å². The molecule has 3 rings (SSSR count). The van der Waals surface area contributed by atoms with Crippen LogP contribution < -0.4 is 0 Å². The number of rotatable bonds is 1. The van der Waals surface area contributed by atoms with E-state index in [9.17, 15) is 4.39 Å². The van der Waals surface area contributed by atoms with Crippen LogP contribution in [0.2, 0.25) is 0 Å². The van der Waals surface area contributed by atoms with Crippen molar-refractivity contribution < 1.29 is 4.39 Å². The van der Waals surface area contributed by atoms with Crippen molar-refractivity contribution in [2.24, 2.45) is 0 Å². The summed E-state index contributed by atoms with van der Waals surface area (Å²) in [6, 6.07) is 10.9. The van der Waals surface area contributed by atoms with E-state index in [0.29, 0.717) is 5.65 Å². The second-order valence-electron chi connectivity index (χ2n) is 3.72. The molecule has 2 nitrogen and oxygen atoms in total. The van der Waals surface area contributed by atoms with Gasteiger partial charge in [0.15, 0.2) is 11.5 Å². The molecule has 0 unspecified atom stereocenters. The lowest BCUT2D eigenvalue weighted by Gasteiger charge is -1.95. The molecule has 0 fully saturated rings. The molecule has 0 bridgehead atoms. The second-order valence-corrected chi connectivity index (χ2v) is 4.64. The highest BCUT2D eigenvalue weighted by atomic mass is 79.9. The van der Waals surface area contributed by atoms with E-state index < -0.39 is 0 Å². The van der Waals surface area contributed by atoms with Gasteiger partial charge in [0.05, 0.1) is 5.69 Å². The summed E-state index contributed by atoms with van der Waals surface area (Å²) in [7, 11) is 0. The molecule has 3 aromatic rings. The van der Waals surface area contributed by atoms with Gasteiger partial charge in [-0.2, -0.15) is 0 Å². The molecule has 0 aliphatic carbocycles. The number of aromatic nitrogens is 2. The maximum absolute atomic E-state index is 13.5. The fourth-order valence-corrected chi connectivity index (χ4v) is 2.16. The molecule has 4 heteroatoms. The Morgan fingerprint density at radius 3 is 2.82 bits per heavy atom. The minimum absolute atomic E-state index is 0.311. The van der Waals surface area contributed by atoms with Crippen molar-refractivity contribution in [3.8, 4) is 11.3 Å². The number of halogens is 2. The van der Waals surface area contributed by atoms with Crippen molar-refractivity contribution in [1.29, 1.82) is 0 Å². The zero-order chi connectivity index (χ0) is 11.8. The lowest BCUT2D eigenvalue weighted by Crippen LogP contribution is -1.84. The zero-order valence-electron chi connectivity index (χ0n) is 8.77. The molecule has 0 radical (unpaired) electrons. The molecule has 0 atom stereocenters. The molecule has 0 aliphatic rings. The smallest absolute Gasteiger partial charge is 0.173 e. The van der Waals surface area contributed by atoms with Gasteiger partial charge in [-0.25, -0.2) is 9.37 Å². The van der Waals surface area contributed by atoms with Crippen molar-refractivity contribution in [2.75, 3.05) is 0 Å². The summed E-state index contributed by atoms with van der Waals surface area (Å²) in [6.07, 6.45) is 3.60. The quantitative estimate of drug-likeness (QED) is 0.664. The summed E-state index contributed by atoms with van der Waals surface area (Å²) in [5, 5.41) is 0. The van der Waals surface area contributed by atoms with Gasteiger partial charge >= 0.3 is 0 Å². The van der Waals surface area contributed by atoms with Crippen LogP contribution in [0.4, 0.5) is 4.39 Å². The molecular weight excluding hydrogens is 283 g/mol. The highest BCUT2D eigenvalue weighted by molar-refractivity contribution is 9.10. The molecule has 84 valence electrons. The van der Waals surface area contributed by atoms with Crippen LogP contribution in [0.5, 0.6) is 0 Å². The Labute approximate surface area is 106 Å². The summed E-state index contributed by atoms with van der Waals surface area (Å²) in [4.78, 5) is 4.29. The molecule has 0 aliphatic heterocycles. The summed E-state index contributed by atoms with van der Waals surface area (Å²) in [5.41, 5.74) is 2.07. The van der Waals surface area contributed by atoms with E-state index in [1.807, 2.05) is 30.5 Å². The Hall–Kier alpha value is -1.68. The maximum atomic E-state index is 13.5. The van der Waals surface area contributed by atoms with E-state index in [2.05, 4.69) is 20.9 Å². The maximum Gasteiger partial charge on any atom is 0.173 e. The fraction of sp³-hybridized carbons (Fsp3) is 0. The topological polar surface area (TPSA) is 17.3 Å². The van der Waals surface area contributed by atoms with E-state index in [1.54, 1.807) is 16.7 Å². The first-order valence-electron chi connectivity index (χ1n) is 5.13. The summed E-state index contributed by atoms with van der Waals surface area (Å²) in [5.74, 6) is -0.311. The third kappa shape index (κ3) is 1.85. The third-order valence-electron chi connectivity index (χ3n) is 2.56. The normalized spacial score (nSPS) is 10.9. The predicted octanol–water partition coefficient (Wildman–Crippen LogP) is 3.90. The van der Waals surface area contributed by atoms with Crippen molar-refractivity contribution in [2.45, 2.75) is 0 Å². The highest BCUT2D eigenvalue weighted by Gasteiger charge is 2.07.